The number of nitrogens with zero attached hydrogens (tertiary/aromatic N) is 4. The summed E-state index contributed by atoms with van der Waals surface area (Å²) in [5, 5.41) is 21.9. The second kappa shape index (κ2) is 9.21. The van der Waals surface area contributed by atoms with Gasteiger partial charge < -0.3 is 15.3 Å². The Kier molecular flexibility index (Phi) is 6.34. The fourth-order valence-corrected chi connectivity index (χ4v) is 5.21. The van der Waals surface area contributed by atoms with Gasteiger partial charge in [-0.15, -0.1) is 5.10 Å². The molecule has 1 aromatic heterocycles. The van der Waals surface area contributed by atoms with E-state index in [1.54, 1.807) is 4.68 Å². The molecule has 2 amide bonds. The molecule has 8 nitrogen and oxygen atoms in total. The fourth-order valence-electron chi connectivity index (χ4n) is 5.21. The fraction of sp³-hybridized carbons (Fsp3) is 0.615. The normalized spacial score (nSPS) is 24.0. The number of β-amino-alcohol motifs (C(OH)–C–C–N with tert-alkyl or cyclic N) is 1. The Balaban J connectivity index is 1.38. The van der Waals surface area contributed by atoms with E-state index in [1.807, 2.05) is 27.0 Å². The number of aliphatic hydroxyl groups excluding tert-OH is 1. The first-order valence-electron chi connectivity index (χ1n) is 12.7. The van der Waals surface area contributed by atoms with Crippen molar-refractivity contribution in [3.8, 4) is 0 Å². The maximum absolute atomic E-state index is 14.6. The van der Waals surface area contributed by atoms with Crippen LogP contribution >= 0.6 is 0 Å². The third kappa shape index (κ3) is 5.00. The zero-order chi connectivity index (χ0) is 25.8. The van der Waals surface area contributed by atoms with Crippen LogP contribution in [0.4, 0.5) is 8.78 Å². The molecule has 10 heteroatoms. The van der Waals surface area contributed by atoms with Crippen molar-refractivity contribution in [2.45, 2.75) is 83.0 Å². The summed E-state index contributed by atoms with van der Waals surface area (Å²) >= 11 is 0. The Bertz CT molecular complexity index is 1150. The first-order chi connectivity index (χ1) is 17.0. The molecule has 2 aliphatic carbocycles. The number of likely N-dealkylation sites (tertiary alicyclic amines) is 1. The van der Waals surface area contributed by atoms with Gasteiger partial charge >= 0.3 is 0 Å². The largest absolute Gasteiger partial charge is 0.391 e. The number of aromatic nitrogens is 3. The summed E-state index contributed by atoms with van der Waals surface area (Å²) in [6, 6.07) is 1.10. The highest BCUT2D eigenvalue weighted by Gasteiger charge is 2.46. The van der Waals surface area contributed by atoms with Crippen LogP contribution in [0.5, 0.6) is 0 Å². The summed E-state index contributed by atoms with van der Waals surface area (Å²) in [5.74, 6) is -1.74. The lowest BCUT2D eigenvalue weighted by molar-refractivity contribution is -0.144. The predicted octanol–water partition coefficient (Wildman–Crippen LogP) is 3.25. The van der Waals surface area contributed by atoms with Gasteiger partial charge in [0.05, 0.1) is 17.8 Å². The Morgan fingerprint density at radius 1 is 1.17 bits per heavy atom. The Hall–Kier alpha value is -2.88. The van der Waals surface area contributed by atoms with Gasteiger partial charge in [-0.05, 0) is 43.1 Å². The highest BCUT2D eigenvalue weighted by molar-refractivity contribution is 5.90. The van der Waals surface area contributed by atoms with Crippen molar-refractivity contribution in [2.24, 2.45) is 11.3 Å². The van der Waals surface area contributed by atoms with E-state index in [4.69, 9.17) is 0 Å². The van der Waals surface area contributed by atoms with E-state index in [0.29, 0.717) is 5.92 Å². The first-order valence-corrected chi connectivity index (χ1v) is 12.7. The average Bonchev–Trinajstić information content (AvgIpc) is 3.72. The molecular weight excluding hydrogens is 468 g/mol. The van der Waals surface area contributed by atoms with Crippen molar-refractivity contribution in [1.82, 2.24) is 25.2 Å². The van der Waals surface area contributed by atoms with Crippen molar-refractivity contribution >= 4 is 11.8 Å². The third-order valence-corrected chi connectivity index (χ3v) is 7.40. The molecule has 0 spiro atoms. The van der Waals surface area contributed by atoms with Crippen molar-refractivity contribution in [1.29, 1.82) is 0 Å². The molecule has 5 rings (SSSR count). The summed E-state index contributed by atoms with van der Waals surface area (Å²) in [7, 11) is 0. The van der Waals surface area contributed by atoms with Gasteiger partial charge in [0.25, 0.3) is 0 Å². The summed E-state index contributed by atoms with van der Waals surface area (Å²) in [5.41, 5.74) is 0.557. The second-order valence-corrected chi connectivity index (χ2v) is 11.6. The van der Waals surface area contributed by atoms with Gasteiger partial charge in [0.2, 0.25) is 11.8 Å². The van der Waals surface area contributed by atoms with Gasteiger partial charge in [-0.1, -0.05) is 32.1 Å². The molecule has 4 atom stereocenters. The molecule has 1 aromatic carbocycles. The molecule has 194 valence electrons. The zero-order valence-electron chi connectivity index (χ0n) is 20.8. The minimum Gasteiger partial charge on any atom is -0.391 e. The summed E-state index contributed by atoms with van der Waals surface area (Å²) < 4.78 is 29.6. The smallest absolute Gasteiger partial charge is 0.248 e. The number of nitrogens with one attached hydrogen (secondary N) is 1. The van der Waals surface area contributed by atoms with Crippen LogP contribution in [0.2, 0.25) is 0 Å². The van der Waals surface area contributed by atoms with Crippen LogP contribution in [0.3, 0.4) is 0 Å². The van der Waals surface area contributed by atoms with Crippen LogP contribution in [0.15, 0.2) is 24.4 Å². The quantitative estimate of drug-likeness (QED) is 0.607. The summed E-state index contributed by atoms with van der Waals surface area (Å²) in [6.07, 6.45) is 4.80. The minimum atomic E-state index is -0.909. The topological polar surface area (TPSA) is 100 Å². The number of hydrogen-bond donors (Lipinski definition) is 2. The Labute approximate surface area is 209 Å². The molecule has 0 bridgehead atoms. The monoisotopic (exact) mass is 501 g/mol. The summed E-state index contributed by atoms with van der Waals surface area (Å²) in [4.78, 5) is 28.8. The first kappa shape index (κ1) is 24.8. The van der Waals surface area contributed by atoms with E-state index in [-0.39, 0.29) is 30.4 Å². The van der Waals surface area contributed by atoms with Crippen LogP contribution in [0.25, 0.3) is 0 Å². The molecule has 3 fully saturated rings. The van der Waals surface area contributed by atoms with E-state index in [1.165, 1.54) is 17.0 Å². The number of amides is 2. The highest BCUT2D eigenvalue weighted by atomic mass is 19.1. The molecular formula is C26H33F2N5O3. The number of rotatable bonds is 7. The molecule has 2 heterocycles. The van der Waals surface area contributed by atoms with Gasteiger partial charge in [0, 0.05) is 36.7 Å². The van der Waals surface area contributed by atoms with E-state index >= 15 is 0 Å². The number of benzene rings is 1. The van der Waals surface area contributed by atoms with Gasteiger partial charge in [-0.3, -0.25) is 9.59 Å². The number of aliphatic hydroxyl groups is 1. The van der Waals surface area contributed by atoms with Gasteiger partial charge in [0.15, 0.2) is 0 Å². The predicted molar refractivity (Wildman–Crippen MR) is 127 cm³/mol. The van der Waals surface area contributed by atoms with Crippen LogP contribution in [-0.2, 0) is 9.59 Å². The lowest BCUT2D eigenvalue weighted by Crippen LogP contribution is -2.51. The average molecular weight is 502 g/mol. The maximum atomic E-state index is 14.6. The van der Waals surface area contributed by atoms with Crippen LogP contribution in [-0.4, -0.2) is 55.5 Å². The number of carbonyl (C=O) groups is 2. The maximum Gasteiger partial charge on any atom is 0.248 e. The van der Waals surface area contributed by atoms with Crippen molar-refractivity contribution in [2.75, 3.05) is 6.54 Å². The molecule has 2 saturated carbocycles. The molecule has 3 unspecified atom stereocenters. The molecule has 2 N–H and O–H groups in total. The lowest BCUT2D eigenvalue weighted by atomic mass is 9.85. The SMILES string of the molecule is CC(C)(C)[C@H](C(=O)N1CC(O)CC1C(=O)NC(c1ccc(F)cc1F)C1CC1)n1cc(C2CC2)nn1. The van der Waals surface area contributed by atoms with Crippen molar-refractivity contribution in [3.63, 3.8) is 0 Å². The minimum absolute atomic E-state index is 0.0205. The van der Waals surface area contributed by atoms with E-state index in [0.717, 1.165) is 37.4 Å². The molecule has 1 aliphatic heterocycles. The van der Waals surface area contributed by atoms with Crippen LogP contribution in [0.1, 0.15) is 82.1 Å². The van der Waals surface area contributed by atoms with Crippen LogP contribution in [0, 0.1) is 23.0 Å². The van der Waals surface area contributed by atoms with E-state index < -0.39 is 47.2 Å². The molecule has 3 aliphatic rings. The third-order valence-electron chi connectivity index (χ3n) is 7.40. The Morgan fingerprint density at radius 3 is 2.50 bits per heavy atom. The van der Waals surface area contributed by atoms with Crippen molar-refractivity contribution in [3.05, 3.63) is 47.3 Å². The standard InChI is InChI=1S/C26H33F2N5O3/c1-26(2,3)23(33-13-20(30-31-33)14-4-5-14)25(36)32-12-17(34)11-21(32)24(35)29-22(15-6-7-15)18-9-8-16(27)10-19(18)28/h8-10,13-15,17,21-23,34H,4-7,11-12H2,1-3H3,(H,29,35)/t17?,21?,22?,23-/m0/s1. The van der Waals surface area contributed by atoms with Crippen LogP contribution < -0.4 is 5.32 Å². The summed E-state index contributed by atoms with van der Waals surface area (Å²) in [6.45, 7) is 5.80. The molecule has 0 radical (unpaired) electrons. The zero-order valence-corrected chi connectivity index (χ0v) is 20.8. The lowest BCUT2D eigenvalue weighted by Gasteiger charge is -2.35. The Morgan fingerprint density at radius 2 is 1.89 bits per heavy atom. The van der Waals surface area contributed by atoms with Crippen molar-refractivity contribution < 1.29 is 23.5 Å². The number of carbonyl (C=O) groups excluding carboxylic acids is 2. The molecule has 2 aromatic rings. The van der Waals surface area contributed by atoms with Gasteiger partial charge in [0.1, 0.15) is 23.7 Å². The van der Waals surface area contributed by atoms with E-state index in [9.17, 15) is 23.5 Å². The molecule has 36 heavy (non-hydrogen) atoms. The van der Waals surface area contributed by atoms with E-state index in [2.05, 4.69) is 15.6 Å². The highest BCUT2D eigenvalue weighted by Crippen LogP contribution is 2.43. The van der Waals surface area contributed by atoms with Gasteiger partial charge in [-0.2, -0.15) is 0 Å². The molecule has 1 saturated heterocycles. The second-order valence-electron chi connectivity index (χ2n) is 11.6. The number of hydrogen-bond acceptors (Lipinski definition) is 5. The number of halogens is 2. The van der Waals surface area contributed by atoms with Gasteiger partial charge in [-0.25, -0.2) is 13.5 Å².